The van der Waals surface area contributed by atoms with E-state index in [0.717, 1.165) is 6.42 Å². The van der Waals surface area contributed by atoms with Crippen molar-refractivity contribution in [2.24, 2.45) is 5.92 Å². The minimum Gasteiger partial charge on any atom is -0.448 e. The minimum atomic E-state index is -4.46. The van der Waals surface area contributed by atoms with Crippen LogP contribution in [0, 0.1) is 25.6 Å². The standard InChI is InChI=1S/C38H48FN5O10S/c1-22-16-31(52-23(22)2)55(50,51)42-34(47)38-18-25(38)13-9-7-6-8-10-15-29(40-35(48)54-37(3,4)5)33(46)44-20-26(17-30(44)32(45)41-38)53-36(49)43-19-24-12-11-14-28(39)27(24)21-43/h9,11-14,16,25-26,29-30H,6-8,10,15,17-21H2,1-5H3,(H,40,48)(H,41,45)(H,42,47)/b13-9-/t25-,26-,29+,30+,38-/m1/s1. The molecule has 17 heteroatoms. The highest BCUT2D eigenvalue weighted by molar-refractivity contribution is 7.89. The number of rotatable bonds is 5. The maximum atomic E-state index is 14.5. The largest absolute Gasteiger partial charge is 0.448 e. The number of allylic oxidation sites excluding steroid dienone is 1. The number of hydrogen-bond donors (Lipinski definition) is 3. The van der Waals surface area contributed by atoms with E-state index < -0.39 is 86.1 Å². The van der Waals surface area contributed by atoms with Gasteiger partial charge < -0.3 is 29.4 Å². The van der Waals surface area contributed by atoms with Crippen LogP contribution >= 0.6 is 0 Å². The molecule has 15 nitrogen and oxygen atoms in total. The maximum absolute atomic E-state index is 14.5. The number of furan rings is 1. The molecule has 0 radical (unpaired) electrons. The quantitative estimate of drug-likeness (QED) is 0.369. The van der Waals surface area contributed by atoms with Crippen molar-refractivity contribution in [3.05, 3.63) is 64.7 Å². The summed E-state index contributed by atoms with van der Waals surface area (Å²) in [6.45, 7) is 8.18. The number of nitrogens with zero attached hydrogens (tertiary/aromatic N) is 2. The van der Waals surface area contributed by atoms with Crippen molar-refractivity contribution in [1.82, 2.24) is 25.2 Å². The Kier molecular flexibility index (Phi) is 11.1. The molecular formula is C38H48FN5O10S. The highest BCUT2D eigenvalue weighted by Gasteiger charge is 2.62. The topological polar surface area (TPSA) is 194 Å². The molecule has 3 N–H and O–H groups in total. The second-order valence-corrected chi connectivity index (χ2v) is 17.4. The molecule has 1 saturated carbocycles. The van der Waals surface area contributed by atoms with Crippen molar-refractivity contribution in [3.8, 4) is 0 Å². The third-order valence-corrected chi connectivity index (χ3v) is 11.6. The van der Waals surface area contributed by atoms with Crippen molar-refractivity contribution >= 4 is 39.9 Å². The maximum Gasteiger partial charge on any atom is 0.410 e. The molecule has 1 saturated heterocycles. The molecule has 0 bridgehead atoms. The normalized spacial score (nSPS) is 26.4. The second kappa shape index (κ2) is 15.3. The van der Waals surface area contributed by atoms with Gasteiger partial charge in [-0.05, 0) is 77.5 Å². The van der Waals surface area contributed by atoms with Crippen LogP contribution in [0.3, 0.4) is 0 Å². The van der Waals surface area contributed by atoms with E-state index >= 15 is 0 Å². The number of carbonyl (C=O) groups is 5. The summed E-state index contributed by atoms with van der Waals surface area (Å²) in [5.41, 5.74) is -0.953. The van der Waals surface area contributed by atoms with Gasteiger partial charge in [0.2, 0.25) is 16.9 Å². The Balaban J connectivity index is 1.27. The summed E-state index contributed by atoms with van der Waals surface area (Å²) < 4.78 is 59.6. The average Bonchev–Trinajstić information content (AvgIpc) is 3.39. The van der Waals surface area contributed by atoms with Gasteiger partial charge in [-0.15, -0.1) is 0 Å². The predicted octanol–water partition coefficient (Wildman–Crippen LogP) is 4.25. The molecule has 298 valence electrons. The molecule has 6 rings (SSSR count). The van der Waals surface area contributed by atoms with Gasteiger partial charge in [0.05, 0.1) is 13.1 Å². The van der Waals surface area contributed by atoms with Crippen molar-refractivity contribution in [2.45, 2.75) is 127 Å². The fourth-order valence-corrected chi connectivity index (χ4v) is 8.37. The van der Waals surface area contributed by atoms with Gasteiger partial charge in [0.15, 0.2) is 0 Å². The van der Waals surface area contributed by atoms with E-state index in [1.54, 1.807) is 52.8 Å². The van der Waals surface area contributed by atoms with E-state index in [9.17, 15) is 36.8 Å². The number of aryl methyl sites for hydroxylation is 2. The van der Waals surface area contributed by atoms with E-state index in [0.29, 0.717) is 41.7 Å². The lowest BCUT2D eigenvalue weighted by Crippen LogP contribution is -2.58. The molecule has 4 heterocycles. The molecule has 1 aromatic carbocycles. The third-order valence-electron chi connectivity index (χ3n) is 10.4. The van der Waals surface area contributed by atoms with Gasteiger partial charge in [-0.25, -0.2) is 18.7 Å². The first-order chi connectivity index (χ1) is 25.9. The zero-order valence-electron chi connectivity index (χ0n) is 31.6. The Hall–Kier alpha value is -4.93. The lowest BCUT2D eigenvalue weighted by atomic mass is 10.0. The van der Waals surface area contributed by atoms with Crippen LogP contribution in [0.1, 0.15) is 88.2 Å². The molecule has 55 heavy (non-hydrogen) atoms. The molecule has 2 aromatic rings. The molecule has 5 atom stereocenters. The van der Waals surface area contributed by atoms with Gasteiger partial charge in [0.25, 0.3) is 15.9 Å². The van der Waals surface area contributed by atoms with E-state index in [2.05, 4.69) is 15.4 Å². The molecule has 0 unspecified atom stereocenters. The van der Waals surface area contributed by atoms with E-state index in [4.69, 9.17) is 13.9 Å². The van der Waals surface area contributed by atoms with Gasteiger partial charge >= 0.3 is 12.2 Å². The van der Waals surface area contributed by atoms with Gasteiger partial charge in [0, 0.05) is 30.5 Å². The number of carbonyl (C=O) groups excluding carboxylic acids is 5. The predicted molar refractivity (Wildman–Crippen MR) is 194 cm³/mol. The van der Waals surface area contributed by atoms with Gasteiger partial charge in [0.1, 0.15) is 40.9 Å². The van der Waals surface area contributed by atoms with Crippen LogP contribution in [0.4, 0.5) is 14.0 Å². The first-order valence-electron chi connectivity index (χ1n) is 18.5. The molecule has 0 spiro atoms. The lowest BCUT2D eigenvalue weighted by molar-refractivity contribution is -0.141. The Bertz CT molecular complexity index is 1990. The average molecular weight is 786 g/mol. The Morgan fingerprint density at radius 1 is 1.09 bits per heavy atom. The van der Waals surface area contributed by atoms with Crippen molar-refractivity contribution < 1.29 is 50.7 Å². The first kappa shape index (κ1) is 39.8. The zero-order valence-corrected chi connectivity index (χ0v) is 32.4. The SMILES string of the molecule is Cc1cc(S(=O)(=O)NC(=O)[C@@]23C[C@H]2/C=C\CCCCC[C@H](NC(=O)OC(C)(C)C)C(=O)N2C[C@H](OC(=O)N4Cc5cccc(F)c5C4)C[C@H]2C(=O)N3)oc1C. The number of fused-ring (bicyclic) bond motifs is 3. The second-order valence-electron chi connectivity index (χ2n) is 15.8. The fourth-order valence-electron chi connectivity index (χ4n) is 7.28. The summed E-state index contributed by atoms with van der Waals surface area (Å²) >= 11 is 0. The number of alkyl carbamates (subject to hydrolysis) is 1. The van der Waals surface area contributed by atoms with E-state index in [-0.39, 0.29) is 38.9 Å². The number of halogens is 1. The fraction of sp³-hybridized carbons (Fsp3) is 0.553. The summed E-state index contributed by atoms with van der Waals surface area (Å²) in [4.78, 5) is 71.4. The van der Waals surface area contributed by atoms with Gasteiger partial charge in [-0.1, -0.05) is 37.1 Å². The molecule has 3 aliphatic heterocycles. The summed E-state index contributed by atoms with van der Waals surface area (Å²) in [6, 6.07) is 3.49. The van der Waals surface area contributed by atoms with Crippen molar-refractivity contribution in [2.75, 3.05) is 6.54 Å². The number of nitrogens with one attached hydrogen (secondary N) is 3. The smallest absolute Gasteiger partial charge is 0.410 e. The summed E-state index contributed by atoms with van der Waals surface area (Å²) in [7, 11) is -4.46. The number of sulfonamides is 1. The Labute approximate surface area is 319 Å². The van der Waals surface area contributed by atoms with Crippen LogP contribution in [0.15, 0.2) is 45.9 Å². The van der Waals surface area contributed by atoms with Gasteiger partial charge in [-0.2, -0.15) is 8.42 Å². The van der Waals surface area contributed by atoms with Crippen molar-refractivity contribution in [3.63, 3.8) is 0 Å². The minimum absolute atomic E-state index is 0.0193. The number of ether oxygens (including phenoxy) is 2. The van der Waals surface area contributed by atoms with Crippen LogP contribution in [0.5, 0.6) is 0 Å². The Morgan fingerprint density at radius 3 is 2.55 bits per heavy atom. The lowest BCUT2D eigenvalue weighted by Gasteiger charge is -2.30. The third kappa shape index (κ3) is 8.81. The van der Waals surface area contributed by atoms with Crippen LogP contribution < -0.4 is 15.4 Å². The van der Waals surface area contributed by atoms with Crippen LogP contribution in [0.25, 0.3) is 0 Å². The molecule has 2 fully saturated rings. The summed E-state index contributed by atoms with van der Waals surface area (Å²) in [6.07, 6.45) is 3.81. The van der Waals surface area contributed by atoms with Gasteiger partial charge in [-0.3, -0.25) is 19.3 Å². The van der Waals surface area contributed by atoms with Crippen LogP contribution in [0.2, 0.25) is 0 Å². The molecule has 4 aliphatic rings. The summed E-state index contributed by atoms with van der Waals surface area (Å²) in [5, 5.41) is 4.97. The van der Waals surface area contributed by atoms with Crippen LogP contribution in [-0.4, -0.2) is 84.0 Å². The number of amides is 5. The molecule has 1 aliphatic carbocycles. The molecule has 5 amide bonds. The van der Waals surface area contributed by atoms with Crippen molar-refractivity contribution in [1.29, 1.82) is 0 Å². The monoisotopic (exact) mass is 785 g/mol. The van der Waals surface area contributed by atoms with E-state index in [1.165, 1.54) is 21.9 Å². The van der Waals surface area contributed by atoms with E-state index in [1.807, 2.05) is 6.08 Å². The van der Waals surface area contributed by atoms with Crippen LogP contribution in [-0.2, 0) is 47.0 Å². The molecule has 1 aromatic heterocycles. The Morgan fingerprint density at radius 2 is 1.85 bits per heavy atom. The zero-order chi connectivity index (χ0) is 39.9. The highest BCUT2D eigenvalue weighted by atomic mass is 32.2. The first-order valence-corrected chi connectivity index (χ1v) is 20.0. The molecular weight excluding hydrogens is 738 g/mol. The number of hydrogen-bond acceptors (Lipinski definition) is 10. The summed E-state index contributed by atoms with van der Waals surface area (Å²) in [5.74, 6) is -3.02. The highest BCUT2D eigenvalue weighted by Crippen LogP contribution is 2.46. The number of benzene rings is 1.